The molecule has 96 valence electrons. The first-order valence-electron chi connectivity index (χ1n) is 6.15. The highest BCUT2D eigenvalue weighted by Crippen LogP contribution is 2.22. The molecule has 0 unspecified atom stereocenters. The summed E-state index contributed by atoms with van der Waals surface area (Å²) in [4.78, 5) is 8.52. The second-order valence-electron chi connectivity index (χ2n) is 4.53. The maximum Gasteiger partial charge on any atom is 0.168 e. The molecule has 19 heavy (non-hydrogen) atoms. The fourth-order valence-corrected chi connectivity index (χ4v) is 2.09. The number of hydrogen-bond donors (Lipinski definition) is 1. The van der Waals surface area contributed by atoms with E-state index in [2.05, 4.69) is 52.4 Å². The van der Waals surface area contributed by atoms with Gasteiger partial charge in [-0.05, 0) is 37.1 Å². The molecule has 3 rings (SSSR count). The number of aromatic nitrogens is 4. The minimum absolute atomic E-state index is 0.792. The van der Waals surface area contributed by atoms with Crippen LogP contribution in [0, 0.1) is 13.8 Å². The summed E-state index contributed by atoms with van der Waals surface area (Å²) in [5.41, 5.74) is 4.33. The summed E-state index contributed by atoms with van der Waals surface area (Å²) in [5, 5.41) is 8.39. The van der Waals surface area contributed by atoms with Gasteiger partial charge in [0.25, 0.3) is 0 Å². The number of rotatable bonds is 2. The zero-order valence-electron chi connectivity index (χ0n) is 11.2. The molecule has 0 spiro atoms. The molecule has 0 aliphatic rings. The fraction of sp³-hybridized carbons (Fsp3) is 0.214. The predicted octanol–water partition coefficient (Wildman–Crippen LogP) is 2.47. The number of nitrogens with zero attached hydrogens (tertiary/aromatic N) is 4. The molecule has 0 saturated heterocycles. The molecule has 2 aromatic heterocycles. The van der Waals surface area contributed by atoms with E-state index < -0.39 is 0 Å². The summed E-state index contributed by atoms with van der Waals surface area (Å²) in [6.07, 6.45) is 3.34. The van der Waals surface area contributed by atoms with Crippen LogP contribution in [-0.4, -0.2) is 26.8 Å². The Morgan fingerprint density at radius 2 is 1.95 bits per heavy atom. The normalized spacial score (nSPS) is 10.9. The van der Waals surface area contributed by atoms with Crippen molar-refractivity contribution in [3.63, 3.8) is 0 Å². The fourth-order valence-electron chi connectivity index (χ4n) is 2.09. The third-order valence-corrected chi connectivity index (χ3v) is 3.34. The van der Waals surface area contributed by atoms with Crippen molar-refractivity contribution in [1.82, 2.24) is 19.7 Å². The first-order valence-corrected chi connectivity index (χ1v) is 6.15. The van der Waals surface area contributed by atoms with Crippen LogP contribution in [0.3, 0.4) is 0 Å². The van der Waals surface area contributed by atoms with E-state index in [1.807, 2.05) is 11.7 Å². The van der Waals surface area contributed by atoms with E-state index in [-0.39, 0.29) is 0 Å². The molecule has 0 atom stereocenters. The SMILES string of the molecule is CNc1ncnc2c1cnn2-c1ccc(C)c(C)c1. The van der Waals surface area contributed by atoms with E-state index in [1.165, 1.54) is 11.1 Å². The zero-order chi connectivity index (χ0) is 13.4. The highest BCUT2D eigenvalue weighted by atomic mass is 15.3. The van der Waals surface area contributed by atoms with E-state index in [0.717, 1.165) is 22.5 Å². The van der Waals surface area contributed by atoms with Crippen molar-refractivity contribution in [1.29, 1.82) is 0 Å². The quantitative estimate of drug-likeness (QED) is 0.762. The standard InChI is InChI=1S/C14H15N5/c1-9-4-5-11(6-10(9)2)19-14-12(7-18-19)13(15-3)16-8-17-14/h4-8H,1-3H3,(H,15,16,17). The lowest BCUT2D eigenvalue weighted by atomic mass is 10.1. The summed E-state index contributed by atoms with van der Waals surface area (Å²) in [6.45, 7) is 4.19. The van der Waals surface area contributed by atoms with E-state index in [9.17, 15) is 0 Å². The van der Waals surface area contributed by atoms with E-state index in [4.69, 9.17) is 0 Å². The number of nitrogens with one attached hydrogen (secondary N) is 1. The Kier molecular flexibility index (Phi) is 2.67. The summed E-state index contributed by atoms with van der Waals surface area (Å²) in [6, 6.07) is 6.26. The van der Waals surface area contributed by atoms with Gasteiger partial charge in [0.05, 0.1) is 17.3 Å². The van der Waals surface area contributed by atoms with Crippen molar-refractivity contribution in [2.24, 2.45) is 0 Å². The molecular formula is C14H15N5. The Hall–Kier alpha value is -2.43. The van der Waals surface area contributed by atoms with Crippen molar-refractivity contribution in [2.45, 2.75) is 13.8 Å². The van der Waals surface area contributed by atoms with E-state index >= 15 is 0 Å². The van der Waals surface area contributed by atoms with Gasteiger partial charge in [0.1, 0.15) is 12.1 Å². The zero-order valence-corrected chi connectivity index (χ0v) is 11.2. The molecule has 2 heterocycles. The van der Waals surface area contributed by atoms with Gasteiger partial charge in [0, 0.05) is 7.05 Å². The van der Waals surface area contributed by atoms with Crippen LogP contribution in [0.15, 0.2) is 30.7 Å². The predicted molar refractivity (Wildman–Crippen MR) is 75.7 cm³/mol. The molecule has 0 aliphatic heterocycles. The Morgan fingerprint density at radius 1 is 1.11 bits per heavy atom. The number of fused-ring (bicyclic) bond motifs is 1. The van der Waals surface area contributed by atoms with Crippen molar-refractivity contribution in [2.75, 3.05) is 12.4 Å². The minimum atomic E-state index is 0.792. The lowest BCUT2D eigenvalue weighted by molar-refractivity contribution is 0.893. The first-order chi connectivity index (χ1) is 9.20. The number of hydrogen-bond acceptors (Lipinski definition) is 4. The maximum atomic E-state index is 4.42. The van der Waals surface area contributed by atoms with Gasteiger partial charge in [-0.2, -0.15) is 5.10 Å². The van der Waals surface area contributed by atoms with Gasteiger partial charge < -0.3 is 5.32 Å². The second kappa shape index (κ2) is 4.35. The molecule has 0 radical (unpaired) electrons. The summed E-state index contributed by atoms with van der Waals surface area (Å²) in [7, 11) is 1.84. The molecule has 5 heteroatoms. The molecule has 0 saturated carbocycles. The highest BCUT2D eigenvalue weighted by Gasteiger charge is 2.10. The third-order valence-electron chi connectivity index (χ3n) is 3.34. The summed E-state index contributed by atoms with van der Waals surface area (Å²) >= 11 is 0. The van der Waals surface area contributed by atoms with Crippen LogP contribution in [0.2, 0.25) is 0 Å². The van der Waals surface area contributed by atoms with Crippen LogP contribution in [0.25, 0.3) is 16.7 Å². The molecule has 0 fully saturated rings. The van der Waals surface area contributed by atoms with Gasteiger partial charge in [-0.1, -0.05) is 6.07 Å². The number of aryl methyl sites for hydroxylation is 2. The van der Waals surface area contributed by atoms with Gasteiger partial charge in [-0.15, -0.1) is 0 Å². The van der Waals surface area contributed by atoms with E-state index in [1.54, 1.807) is 12.5 Å². The maximum absolute atomic E-state index is 4.42. The van der Waals surface area contributed by atoms with Gasteiger partial charge >= 0.3 is 0 Å². The van der Waals surface area contributed by atoms with Gasteiger partial charge in [-0.25, -0.2) is 14.6 Å². The Morgan fingerprint density at radius 3 is 2.68 bits per heavy atom. The van der Waals surface area contributed by atoms with Crippen LogP contribution in [0.1, 0.15) is 11.1 Å². The third kappa shape index (κ3) is 1.83. The van der Waals surface area contributed by atoms with Crippen LogP contribution in [-0.2, 0) is 0 Å². The smallest absolute Gasteiger partial charge is 0.168 e. The molecule has 5 nitrogen and oxygen atoms in total. The van der Waals surface area contributed by atoms with Crippen molar-refractivity contribution in [3.05, 3.63) is 41.9 Å². The van der Waals surface area contributed by atoms with Crippen molar-refractivity contribution >= 4 is 16.9 Å². The van der Waals surface area contributed by atoms with Gasteiger partial charge in [-0.3, -0.25) is 0 Å². The molecule has 0 aliphatic carbocycles. The van der Waals surface area contributed by atoms with Gasteiger partial charge in [0.15, 0.2) is 5.65 Å². The molecule has 1 aromatic carbocycles. The Labute approximate surface area is 111 Å². The summed E-state index contributed by atoms with van der Waals surface area (Å²) in [5.74, 6) is 0.792. The monoisotopic (exact) mass is 253 g/mol. The van der Waals surface area contributed by atoms with Crippen LogP contribution in [0.5, 0.6) is 0 Å². The lowest BCUT2D eigenvalue weighted by Gasteiger charge is -2.06. The molecule has 0 amide bonds. The van der Waals surface area contributed by atoms with E-state index in [0.29, 0.717) is 0 Å². The lowest BCUT2D eigenvalue weighted by Crippen LogP contribution is -2.00. The van der Waals surface area contributed by atoms with Gasteiger partial charge in [0.2, 0.25) is 0 Å². The topological polar surface area (TPSA) is 55.6 Å². The molecule has 3 aromatic rings. The largest absolute Gasteiger partial charge is 0.372 e. The minimum Gasteiger partial charge on any atom is -0.372 e. The average Bonchev–Trinajstić information content (AvgIpc) is 2.85. The van der Waals surface area contributed by atoms with Crippen LogP contribution in [0.4, 0.5) is 5.82 Å². The molecule has 1 N–H and O–H groups in total. The number of benzene rings is 1. The highest BCUT2D eigenvalue weighted by molar-refractivity contribution is 5.86. The summed E-state index contributed by atoms with van der Waals surface area (Å²) < 4.78 is 1.84. The van der Waals surface area contributed by atoms with Crippen LogP contribution >= 0.6 is 0 Å². The molecule has 0 bridgehead atoms. The van der Waals surface area contributed by atoms with Crippen molar-refractivity contribution < 1.29 is 0 Å². The Bertz CT molecular complexity index is 745. The second-order valence-corrected chi connectivity index (χ2v) is 4.53. The first kappa shape index (κ1) is 11.6. The number of anilines is 1. The van der Waals surface area contributed by atoms with Crippen molar-refractivity contribution in [3.8, 4) is 5.69 Å². The molecular weight excluding hydrogens is 238 g/mol. The average molecular weight is 253 g/mol. The van der Waals surface area contributed by atoms with Crippen LogP contribution < -0.4 is 5.32 Å². The Balaban J connectivity index is 2.23.